The van der Waals surface area contributed by atoms with E-state index in [0.717, 1.165) is 0 Å². The normalized spacial score (nSPS) is 10.9. The van der Waals surface area contributed by atoms with E-state index in [1.165, 1.54) is 31.2 Å². The van der Waals surface area contributed by atoms with Gasteiger partial charge in [0.2, 0.25) is 5.88 Å². The summed E-state index contributed by atoms with van der Waals surface area (Å²) in [7, 11) is 0. The Kier molecular flexibility index (Phi) is 3.10. The lowest BCUT2D eigenvalue weighted by Crippen LogP contribution is -2.12. The summed E-state index contributed by atoms with van der Waals surface area (Å²) in [5, 5.41) is 9.43. The Bertz CT molecular complexity index is 621. The second kappa shape index (κ2) is 4.56. The van der Waals surface area contributed by atoms with Crippen molar-refractivity contribution in [2.24, 2.45) is 0 Å². The average molecular weight is 252 g/mol. The summed E-state index contributed by atoms with van der Waals surface area (Å²) in [5.41, 5.74) is -0.0115. The molecule has 0 aliphatic heterocycles. The van der Waals surface area contributed by atoms with Crippen LogP contribution in [0.5, 0.6) is 5.88 Å². The first kappa shape index (κ1) is 12.2. The molecule has 0 fully saturated rings. The fourth-order valence-electron chi connectivity index (χ4n) is 1.44. The van der Waals surface area contributed by atoms with Crippen LogP contribution in [-0.4, -0.2) is 15.1 Å². The number of nitrogens with zero attached hydrogens (tertiary/aromatic N) is 1. The quantitative estimate of drug-likeness (QED) is 0.862. The Morgan fingerprint density at radius 3 is 2.39 bits per heavy atom. The molecule has 18 heavy (non-hydrogen) atoms. The average Bonchev–Trinajstić information content (AvgIpc) is 2.35. The number of aromatic nitrogens is 2. The van der Waals surface area contributed by atoms with Crippen LogP contribution in [0.2, 0.25) is 0 Å². The first-order valence-corrected chi connectivity index (χ1v) is 5.17. The van der Waals surface area contributed by atoms with E-state index in [9.17, 15) is 18.7 Å². The minimum absolute atomic E-state index is 0.113. The third-order valence-electron chi connectivity index (χ3n) is 2.56. The molecule has 0 spiro atoms. The maximum Gasteiger partial charge on any atom is 0.263 e. The van der Waals surface area contributed by atoms with E-state index < -0.39 is 12.0 Å². The number of alkyl halides is 2. The Hall–Kier alpha value is -2.24. The van der Waals surface area contributed by atoms with Crippen LogP contribution in [0.4, 0.5) is 8.78 Å². The molecule has 0 bridgehead atoms. The zero-order chi connectivity index (χ0) is 13.3. The van der Waals surface area contributed by atoms with Crippen LogP contribution < -0.4 is 5.56 Å². The molecule has 1 aromatic heterocycles. The standard InChI is InChI=1S/C12H10F2N2O2/c1-6-11(17)15-10(16-12(6)18)8-4-2-7(3-5-8)9(13)14/h2-5,9H,1H3,(H2,15,16,17,18). The Morgan fingerprint density at radius 2 is 1.89 bits per heavy atom. The first-order valence-electron chi connectivity index (χ1n) is 5.17. The van der Waals surface area contributed by atoms with E-state index in [1.807, 2.05) is 0 Å². The molecule has 2 rings (SSSR count). The van der Waals surface area contributed by atoms with E-state index in [-0.39, 0.29) is 22.8 Å². The smallest absolute Gasteiger partial charge is 0.263 e. The van der Waals surface area contributed by atoms with Gasteiger partial charge in [-0.2, -0.15) is 4.98 Å². The molecular formula is C12H10F2N2O2. The zero-order valence-corrected chi connectivity index (χ0v) is 9.45. The summed E-state index contributed by atoms with van der Waals surface area (Å²) in [6.45, 7) is 1.44. The fourth-order valence-corrected chi connectivity index (χ4v) is 1.44. The molecule has 0 unspecified atom stereocenters. The van der Waals surface area contributed by atoms with Crippen molar-refractivity contribution in [1.29, 1.82) is 0 Å². The SMILES string of the molecule is Cc1c(O)nc(-c2ccc(C(F)F)cc2)[nH]c1=O. The molecule has 2 aromatic rings. The number of hydrogen-bond acceptors (Lipinski definition) is 3. The summed E-state index contributed by atoms with van der Waals surface area (Å²) in [4.78, 5) is 17.7. The van der Waals surface area contributed by atoms with Gasteiger partial charge in [-0.25, -0.2) is 8.78 Å². The van der Waals surface area contributed by atoms with E-state index in [2.05, 4.69) is 9.97 Å². The second-order valence-corrected chi connectivity index (χ2v) is 3.79. The van der Waals surface area contributed by atoms with Gasteiger partial charge in [0.25, 0.3) is 12.0 Å². The molecule has 1 aromatic carbocycles. The number of H-pyrrole nitrogens is 1. The molecule has 1 heterocycles. The predicted octanol–water partition coefficient (Wildman–Crippen LogP) is 2.39. The maximum atomic E-state index is 12.4. The molecular weight excluding hydrogens is 242 g/mol. The molecule has 0 radical (unpaired) electrons. The molecule has 0 atom stereocenters. The van der Waals surface area contributed by atoms with Gasteiger partial charge in [0.05, 0.1) is 5.56 Å². The third kappa shape index (κ3) is 2.22. The summed E-state index contributed by atoms with van der Waals surface area (Å²) in [5.74, 6) is -0.226. The molecule has 6 heteroatoms. The van der Waals surface area contributed by atoms with Gasteiger partial charge in [0.1, 0.15) is 5.82 Å². The van der Waals surface area contributed by atoms with Gasteiger partial charge >= 0.3 is 0 Å². The summed E-state index contributed by atoms with van der Waals surface area (Å²) in [6.07, 6.45) is -2.54. The lowest BCUT2D eigenvalue weighted by atomic mass is 10.1. The Balaban J connectivity index is 2.46. The lowest BCUT2D eigenvalue weighted by Gasteiger charge is -2.04. The van der Waals surface area contributed by atoms with Gasteiger partial charge in [-0.15, -0.1) is 0 Å². The van der Waals surface area contributed by atoms with Gasteiger partial charge in [-0.3, -0.25) is 4.79 Å². The van der Waals surface area contributed by atoms with Gasteiger partial charge in [-0.1, -0.05) is 24.3 Å². The molecule has 0 amide bonds. The molecule has 0 aliphatic carbocycles. The largest absolute Gasteiger partial charge is 0.493 e. The van der Waals surface area contributed by atoms with Gasteiger partial charge in [0.15, 0.2) is 0 Å². The van der Waals surface area contributed by atoms with Crippen LogP contribution in [0.3, 0.4) is 0 Å². The topological polar surface area (TPSA) is 66.0 Å². The minimum Gasteiger partial charge on any atom is -0.493 e. The highest BCUT2D eigenvalue weighted by Gasteiger charge is 2.10. The van der Waals surface area contributed by atoms with Gasteiger partial charge in [0, 0.05) is 11.1 Å². The minimum atomic E-state index is -2.54. The van der Waals surface area contributed by atoms with Gasteiger partial charge in [-0.05, 0) is 6.92 Å². The third-order valence-corrected chi connectivity index (χ3v) is 2.56. The van der Waals surface area contributed by atoms with Crippen molar-refractivity contribution in [2.45, 2.75) is 13.3 Å². The molecule has 2 N–H and O–H groups in total. The van der Waals surface area contributed by atoms with Crippen LogP contribution in [0, 0.1) is 6.92 Å². The number of benzene rings is 1. The Morgan fingerprint density at radius 1 is 1.28 bits per heavy atom. The summed E-state index contributed by atoms with van der Waals surface area (Å²) >= 11 is 0. The number of aromatic hydroxyl groups is 1. The van der Waals surface area contributed by atoms with Crippen LogP contribution in [-0.2, 0) is 0 Å². The van der Waals surface area contributed by atoms with Gasteiger partial charge < -0.3 is 10.1 Å². The summed E-state index contributed by atoms with van der Waals surface area (Å²) < 4.78 is 24.7. The van der Waals surface area contributed by atoms with Crippen molar-refractivity contribution in [1.82, 2.24) is 9.97 Å². The lowest BCUT2D eigenvalue weighted by molar-refractivity contribution is 0.151. The number of aromatic amines is 1. The number of rotatable bonds is 2. The molecule has 0 aliphatic rings. The molecule has 94 valence electrons. The van der Waals surface area contributed by atoms with Crippen molar-refractivity contribution in [3.05, 3.63) is 45.7 Å². The first-order chi connectivity index (χ1) is 8.49. The van der Waals surface area contributed by atoms with E-state index >= 15 is 0 Å². The van der Waals surface area contributed by atoms with Crippen LogP contribution in [0.1, 0.15) is 17.6 Å². The number of nitrogens with one attached hydrogen (secondary N) is 1. The van der Waals surface area contributed by atoms with Crippen molar-refractivity contribution in [2.75, 3.05) is 0 Å². The van der Waals surface area contributed by atoms with Crippen molar-refractivity contribution >= 4 is 0 Å². The van der Waals surface area contributed by atoms with Crippen LogP contribution >= 0.6 is 0 Å². The van der Waals surface area contributed by atoms with E-state index in [1.54, 1.807) is 0 Å². The predicted molar refractivity (Wildman–Crippen MR) is 61.7 cm³/mol. The van der Waals surface area contributed by atoms with Crippen LogP contribution in [0.15, 0.2) is 29.1 Å². The zero-order valence-electron chi connectivity index (χ0n) is 9.45. The highest BCUT2D eigenvalue weighted by molar-refractivity contribution is 5.56. The molecule has 4 nitrogen and oxygen atoms in total. The number of halogens is 2. The highest BCUT2D eigenvalue weighted by atomic mass is 19.3. The van der Waals surface area contributed by atoms with Crippen molar-refractivity contribution < 1.29 is 13.9 Å². The second-order valence-electron chi connectivity index (χ2n) is 3.79. The number of hydrogen-bond donors (Lipinski definition) is 2. The van der Waals surface area contributed by atoms with E-state index in [0.29, 0.717) is 5.56 Å². The van der Waals surface area contributed by atoms with Crippen molar-refractivity contribution in [3.63, 3.8) is 0 Å². The molecule has 0 saturated heterocycles. The molecule has 0 saturated carbocycles. The highest BCUT2D eigenvalue weighted by Crippen LogP contribution is 2.22. The Labute approximate surface area is 101 Å². The van der Waals surface area contributed by atoms with Crippen LogP contribution in [0.25, 0.3) is 11.4 Å². The monoisotopic (exact) mass is 252 g/mol. The van der Waals surface area contributed by atoms with E-state index in [4.69, 9.17) is 0 Å². The summed E-state index contributed by atoms with van der Waals surface area (Å²) in [6, 6.07) is 5.32. The van der Waals surface area contributed by atoms with Crippen molar-refractivity contribution in [3.8, 4) is 17.3 Å². The maximum absolute atomic E-state index is 12.4. The fraction of sp³-hybridized carbons (Fsp3) is 0.167.